The predicted molar refractivity (Wildman–Crippen MR) is 168 cm³/mol. The van der Waals surface area contributed by atoms with Crippen molar-refractivity contribution in [3.8, 4) is 11.5 Å². The molecule has 218 valence electrons. The summed E-state index contributed by atoms with van der Waals surface area (Å²) in [4.78, 5) is 17.8. The zero-order valence-corrected chi connectivity index (χ0v) is 26.6. The number of carbonyl (C=O) groups excluding carboxylic acids is 1. The maximum atomic E-state index is 13.1. The molecule has 0 saturated heterocycles. The largest absolute Gasteiger partial charge is 0.490 e. The Morgan fingerprint density at radius 2 is 1.88 bits per heavy atom. The minimum atomic E-state index is -0.621. The van der Waals surface area contributed by atoms with Gasteiger partial charge in [0.15, 0.2) is 11.5 Å². The lowest BCUT2D eigenvalue weighted by molar-refractivity contribution is -0.136. The number of halogens is 2. The van der Waals surface area contributed by atoms with Gasteiger partial charge in [-0.3, -0.25) is 0 Å². The van der Waals surface area contributed by atoms with Crippen LogP contribution in [0.3, 0.4) is 0 Å². The van der Waals surface area contributed by atoms with Crippen molar-refractivity contribution >= 4 is 51.2 Å². The normalized spacial score (nSPS) is 14.3. The van der Waals surface area contributed by atoms with Crippen molar-refractivity contribution in [1.29, 1.82) is 0 Å². The van der Waals surface area contributed by atoms with Crippen LogP contribution < -0.4 is 14.8 Å². The van der Waals surface area contributed by atoms with Gasteiger partial charge in [0.1, 0.15) is 6.04 Å². The van der Waals surface area contributed by atoms with Crippen molar-refractivity contribution in [3.63, 3.8) is 0 Å². The standard InChI is InChI=1S/C31H30BrClN4O4S/c1-4-40-25-17-22(16-23(32)28(25)41-15-14-20-10-6-5-7-11-20)27-26(29(38)39-3)19(2)34-30-35-31(36-37(27)30)42-18-21-12-8-9-13-24(21)33/h5-13,16-17,27H,4,14-15,18H2,1-3H3,(H,34,35,36). The number of anilines is 1. The summed E-state index contributed by atoms with van der Waals surface area (Å²) in [5.74, 6) is 1.81. The van der Waals surface area contributed by atoms with E-state index in [1.54, 1.807) is 4.68 Å². The molecular formula is C31H30BrClN4O4S. The van der Waals surface area contributed by atoms with Gasteiger partial charge in [-0.05, 0) is 64.7 Å². The number of hydrogen-bond acceptors (Lipinski definition) is 8. The summed E-state index contributed by atoms with van der Waals surface area (Å²) >= 11 is 11.5. The summed E-state index contributed by atoms with van der Waals surface area (Å²) in [6, 6.07) is 21.0. The highest BCUT2D eigenvalue weighted by Gasteiger charge is 2.36. The number of thioether (sulfide) groups is 1. The summed E-state index contributed by atoms with van der Waals surface area (Å²) < 4.78 is 19.8. The van der Waals surface area contributed by atoms with Gasteiger partial charge in [0, 0.05) is 22.9 Å². The number of carbonyl (C=O) groups is 1. The first-order chi connectivity index (χ1) is 20.4. The molecule has 4 aromatic rings. The van der Waals surface area contributed by atoms with Crippen LogP contribution in [0.4, 0.5) is 5.95 Å². The Morgan fingerprint density at radius 1 is 1.12 bits per heavy atom. The number of fused-ring (bicyclic) bond motifs is 1. The summed E-state index contributed by atoms with van der Waals surface area (Å²) in [6.07, 6.45) is 0.750. The molecule has 1 aliphatic heterocycles. The number of esters is 1. The highest BCUT2D eigenvalue weighted by atomic mass is 79.9. The fourth-order valence-corrected chi connectivity index (χ4v) is 6.39. The highest BCUT2D eigenvalue weighted by molar-refractivity contribution is 9.10. The number of aromatic nitrogens is 3. The molecule has 0 spiro atoms. The Balaban J connectivity index is 1.48. The van der Waals surface area contributed by atoms with E-state index in [9.17, 15) is 4.79 Å². The molecule has 0 saturated carbocycles. The molecular weight excluding hydrogens is 640 g/mol. The topological polar surface area (TPSA) is 87.5 Å². The van der Waals surface area contributed by atoms with Gasteiger partial charge < -0.3 is 19.5 Å². The highest BCUT2D eigenvalue weighted by Crippen LogP contribution is 2.43. The Kier molecular flexibility index (Phi) is 9.76. The monoisotopic (exact) mass is 668 g/mol. The van der Waals surface area contributed by atoms with Gasteiger partial charge in [0.2, 0.25) is 11.1 Å². The van der Waals surface area contributed by atoms with E-state index in [2.05, 4.69) is 33.4 Å². The molecule has 5 rings (SSSR count). The fourth-order valence-electron chi connectivity index (χ4n) is 4.70. The van der Waals surface area contributed by atoms with E-state index in [0.717, 1.165) is 17.5 Å². The molecule has 0 fully saturated rings. The van der Waals surface area contributed by atoms with Crippen LogP contribution in [0.1, 0.15) is 36.6 Å². The number of methoxy groups -OCH3 is 1. The van der Waals surface area contributed by atoms with Crippen LogP contribution >= 0.6 is 39.3 Å². The molecule has 0 amide bonds. The molecule has 11 heteroatoms. The van der Waals surface area contributed by atoms with E-state index in [4.69, 9.17) is 35.9 Å². The van der Waals surface area contributed by atoms with Crippen molar-refractivity contribution in [2.24, 2.45) is 0 Å². The van der Waals surface area contributed by atoms with E-state index < -0.39 is 12.0 Å². The Morgan fingerprint density at radius 3 is 2.62 bits per heavy atom. The smallest absolute Gasteiger partial charge is 0.338 e. The lowest BCUT2D eigenvalue weighted by atomic mass is 9.95. The number of hydrogen-bond donors (Lipinski definition) is 1. The Hall–Kier alpha value is -3.47. The van der Waals surface area contributed by atoms with E-state index in [1.165, 1.54) is 24.4 Å². The maximum Gasteiger partial charge on any atom is 0.338 e. The number of ether oxygens (including phenoxy) is 3. The molecule has 42 heavy (non-hydrogen) atoms. The quantitative estimate of drug-likeness (QED) is 0.130. The van der Waals surface area contributed by atoms with Crippen molar-refractivity contribution in [1.82, 2.24) is 14.8 Å². The van der Waals surface area contributed by atoms with Crippen LogP contribution in [0.5, 0.6) is 11.5 Å². The number of nitrogens with zero attached hydrogens (tertiary/aromatic N) is 3. The summed E-state index contributed by atoms with van der Waals surface area (Å²) in [5.41, 5.74) is 3.98. The average molecular weight is 670 g/mol. The molecule has 3 aromatic carbocycles. The molecule has 1 N–H and O–H groups in total. The predicted octanol–water partition coefficient (Wildman–Crippen LogP) is 7.47. The van der Waals surface area contributed by atoms with Gasteiger partial charge in [-0.1, -0.05) is 71.9 Å². The second-order valence-electron chi connectivity index (χ2n) is 9.45. The van der Waals surface area contributed by atoms with Gasteiger partial charge in [-0.15, -0.1) is 5.10 Å². The number of allylic oxidation sites excluding steroid dienone is 1. The molecule has 2 heterocycles. The molecule has 1 unspecified atom stereocenters. The van der Waals surface area contributed by atoms with Gasteiger partial charge >= 0.3 is 5.97 Å². The van der Waals surface area contributed by atoms with Gasteiger partial charge in [0.05, 0.1) is 30.4 Å². The number of nitrogens with one attached hydrogen (secondary N) is 1. The minimum Gasteiger partial charge on any atom is -0.490 e. The summed E-state index contributed by atoms with van der Waals surface area (Å²) in [5, 5.41) is 9.26. The zero-order chi connectivity index (χ0) is 29.6. The van der Waals surface area contributed by atoms with Crippen LogP contribution in [0.25, 0.3) is 0 Å². The summed E-state index contributed by atoms with van der Waals surface area (Å²) in [7, 11) is 1.37. The molecule has 8 nitrogen and oxygen atoms in total. The van der Waals surface area contributed by atoms with Crippen molar-refractivity contribution in [2.45, 2.75) is 37.2 Å². The second-order valence-corrected chi connectivity index (χ2v) is 11.7. The van der Waals surface area contributed by atoms with Gasteiger partial charge in [-0.2, -0.15) is 4.98 Å². The van der Waals surface area contributed by atoms with E-state index >= 15 is 0 Å². The molecule has 1 aliphatic rings. The van der Waals surface area contributed by atoms with Gasteiger partial charge in [-0.25, -0.2) is 9.48 Å². The van der Waals surface area contributed by atoms with E-state index in [1.807, 2.05) is 68.4 Å². The first kappa shape index (κ1) is 30.0. The third-order valence-corrected chi connectivity index (χ3v) is 8.52. The van der Waals surface area contributed by atoms with E-state index in [0.29, 0.717) is 62.3 Å². The number of rotatable bonds is 11. The molecule has 1 atom stereocenters. The fraction of sp³-hybridized carbons (Fsp3) is 0.258. The lowest BCUT2D eigenvalue weighted by Gasteiger charge is -2.28. The van der Waals surface area contributed by atoms with Crippen LogP contribution in [0.15, 0.2) is 87.6 Å². The first-order valence-corrected chi connectivity index (χ1v) is 15.6. The average Bonchev–Trinajstić information content (AvgIpc) is 3.39. The summed E-state index contributed by atoms with van der Waals surface area (Å²) in [6.45, 7) is 4.66. The Labute approximate surface area is 262 Å². The molecule has 0 radical (unpaired) electrons. The zero-order valence-electron chi connectivity index (χ0n) is 23.4. The molecule has 0 aliphatic carbocycles. The third-order valence-electron chi connectivity index (χ3n) is 6.68. The number of benzene rings is 3. The van der Waals surface area contributed by atoms with E-state index in [-0.39, 0.29) is 0 Å². The van der Waals surface area contributed by atoms with Crippen LogP contribution in [0, 0.1) is 0 Å². The molecule has 1 aromatic heterocycles. The van der Waals surface area contributed by atoms with Crippen LogP contribution in [-0.4, -0.2) is 41.1 Å². The van der Waals surface area contributed by atoms with Gasteiger partial charge in [0.25, 0.3) is 0 Å². The second kappa shape index (κ2) is 13.7. The Bertz CT molecular complexity index is 1610. The minimum absolute atomic E-state index is 0.421. The van der Waals surface area contributed by atoms with Crippen molar-refractivity contribution < 1.29 is 19.0 Å². The lowest BCUT2D eigenvalue weighted by Crippen LogP contribution is -2.29. The third kappa shape index (κ3) is 6.61. The maximum absolute atomic E-state index is 13.1. The van der Waals surface area contributed by atoms with Crippen LogP contribution in [0.2, 0.25) is 5.02 Å². The first-order valence-electron chi connectivity index (χ1n) is 13.4. The van der Waals surface area contributed by atoms with Crippen molar-refractivity contribution in [3.05, 3.63) is 104 Å². The SMILES string of the molecule is CCOc1cc(C2C(C(=O)OC)=C(C)Nc3nc(SCc4ccccc4Cl)nn32)cc(Br)c1OCCc1ccccc1. The van der Waals surface area contributed by atoms with Crippen molar-refractivity contribution in [2.75, 3.05) is 25.6 Å². The molecule has 0 bridgehead atoms. The van der Waals surface area contributed by atoms with Crippen LogP contribution in [-0.2, 0) is 21.7 Å².